The Bertz CT molecular complexity index is 1140. The summed E-state index contributed by atoms with van der Waals surface area (Å²) in [6, 6.07) is -1.11. The van der Waals surface area contributed by atoms with Crippen LogP contribution in [0.3, 0.4) is 0 Å². The van der Waals surface area contributed by atoms with E-state index in [0.717, 1.165) is 89.9 Å². The Morgan fingerprint density at radius 2 is 1.03 bits per heavy atom. The first-order valence-corrected chi connectivity index (χ1v) is 21.6. The summed E-state index contributed by atoms with van der Waals surface area (Å²) in [6.07, 6.45) is 15.4. The standard InChI is InChI=1S/C42H75N3O13/c1-3-17-35(34(2)46)18-14-15-24-43-39(49)32-58-31-29-56-27-25-44-40(50)33-57-30-28-55-26-16-19-36(47)22-23-37(42(53)54)45-38(48)20-12-10-8-6-4-5-7-9-11-13-21-41(51)52/h35,37H,3-33H2,1-2H3,(H,43,49)(H,44,50)(H,45,48)(H,51,52)(H,53,54)/t35-,37-/m0/s1. The first-order chi connectivity index (χ1) is 28.0. The second-order valence-electron chi connectivity index (χ2n) is 14.7. The molecule has 0 rings (SSSR count). The van der Waals surface area contributed by atoms with Gasteiger partial charge in [-0.1, -0.05) is 71.1 Å². The van der Waals surface area contributed by atoms with Gasteiger partial charge in [-0.3, -0.25) is 28.8 Å². The minimum Gasteiger partial charge on any atom is -0.481 e. The lowest BCUT2D eigenvalue weighted by Crippen LogP contribution is -2.41. The maximum atomic E-state index is 12.3. The fourth-order valence-corrected chi connectivity index (χ4v) is 6.08. The summed E-state index contributed by atoms with van der Waals surface area (Å²) < 4.78 is 21.4. The van der Waals surface area contributed by atoms with E-state index in [1.807, 2.05) is 0 Å². The van der Waals surface area contributed by atoms with E-state index >= 15 is 0 Å². The molecule has 0 aromatic heterocycles. The highest BCUT2D eigenvalue weighted by molar-refractivity contribution is 5.84. The number of hydrogen-bond acceptors (Lipinski definition) is 11. The van der Waals surface area contributed by atoms with Crippen LogP contribution in [0.5, 0.6) is 0 Å². The molecule has 0 aliphatic rings. The number of ether oxygens (including phenoxy) is 4. The summed E-state index contributed by atoms with van der Waals surface area (Å²) in [5.41, 5.74) is 0. The van der Waals surface area contributed by atoms with Crippen molar-refractivity contribution in [3.63, 3.8) is 0 Å². The first-order valence-electron chi connectivity index (χ1n) is 21.6. The smallest absolute Gasteiger partial charge is 0.326 e. The second kappa shape index (κ2) is 39.0. The lowest BCUT2D eigenvalue weighted by atomic mass is 9.93. The first kappa shape index (κ1) is 54.5. The van der Waals surface area contributed by atoms with Gasteiger partial charge in [-0.25, -0.2) is 4.79 Å². The lowest BCUT2D eigenvalue weighted by Gasteiger charge is -2.14. The predicted octanol–water partition coefficient (Wildman–Crippen LogP) is 4.93. The van der Waals surface area contributed by atoms with E-state index in [9.17, 15) is 38.7 Å². The summed E-state index contributed by atoms with van der Waals surface area (Å²) >= 11 is 0. The molecule has 16 heteroatoms. The minimum absolute atomic E-state index is 0.0276. The molecule has 16 nitrogen and oxygen atoms in total. The van der Waals surface area contributed by atoms with Gasteiger partial charge in [0.2, 0.25) is 17.7 Å². The molecule has 0 spiro atoms. The van der Waals surface area contributed by atoms with Crippen LogP contribution in [-0.4, -0.2) is 123 Å². The molecule has 58 heavy (non-hydrogen) atoms. The van der Waals surface area contributed by atoms with Gasteiger partial charge < -0.3 is 45.1 Å². The Hall–Kier alpha value is -3.47. The molecule has 3 amide bonds. The van der Waals surface area contributed by atoms with E-state index in [2.05, 4.69) is 22.9 Å². The summed E-state index contributed by atoms with van der Waals surface area (Å²) in [5, 5.41) is 26.2. The molecular weight excluding hydrogens is 754 g/mol. The Kier molecular flexibility index (Phi) is 36.7. The van der Waals surface area contributed by atoms with E-state index < -0.39 is 18.0 Å². The molecule has 0 aromatic rings. The van der Waals surface area contributed by atoms with Crippen LogP contribution >= 0.6 is 0 Å². The quantitative estimate of drug-likeness (QED) is 0.0514. The van der Waals surface area contributed by atoms with Gasteiger partial charge in [0.05, 0.1) is 33.0 Å². The number of ketones is 2. The van der Waals surface area contributed by atoms with Crippen LogP contribution in [0.2, 0.25) is 0 Å². The third kappa shape index (κ3) is 36.8. The lowest BCUT2D eigenvalue weighted by molar-refractivity contribution is -0.142. The highest BCUT2D eigenvalue weighted by Crippen LogP contribution is 2.16. The molecule has 0 radical (unpaired) electrons. The number of rotatable bonds is 43. The SMILES string of the molecule is CCC[C@@H](CCCCNC(=O)COCCOCCNC(=O)COCCOCCCC(=O)CC[C@H](NC(=O)CCCCCCCCCCCCC(=O)O)C(=O)O)C(C)=O. The van der Waals surface area contributed by atoms with Crippen molar-refractivity contribution >= 4 is 41.2 Å². The minimum atomic E-state index is -1.17. The van der Waals surface area contributed by atoms with E-state index in [1.54, 1.807) is 6.92 Å². The number of carboxylic acids is 2. The van der Waals surface area contributed by atoms with Crippen molar-refractivity contribution in [1.29, 1.82) is 0 Å². The summed E-state index contributed by atoms with van der Waals surface area (Å²) in [7, 11) is 0. The summed E-state index contributed by atoms with van der Waals surface area (Å²) in [4.78, 5) is 82.1. The second-order valence-corrected chi connectivity index (χ2v) is 14.7. The van der Waals surface area contributed by atoms with Crippen molar-refractivity contribution < 1.29 is 62.7 Å². The number of amides is 3. The van der Waals surface area contributed by atoms with Crippen molar-refractivity contribution in [2.75, 3.05) is 65.9 Å². The highest BCUT2D eigenvalue weighted by atomic mass is 16.5. The number of unbranched alkanes of at least 4 members (excludes halogenated alkanes) is 10. The maximum absolute atomic E-state index is 12.3. The number of hydrogen-bond donors (Lipinski definition) is 5. The average molecular weight is 830 g/mol. The molecule has 0 saturated carbocycles. The van der Waals surface area contributed by atoms with Gasteiger partial charge in [0.25, 0.3) is 0 Å². The van der Waals surface area contributed by atoms with Gasteiger partial charge in [0.1, 0.15) is 30.8 Å². The van der Waals surface area contributed by atoms with Crippen LogP contribution in [0.1, 0.15) is 149 Å². The zero-order valence-corrected chi connectivity index (χ0v) is 35.5. The van der Waals surface area contributed by atoms with Crippen LogP contribution in [0.15, 0.2) is 0 Å². The molecule has 0 aliphatic carbocycles. The highest BCUT2D eigenvalue weighted by Gasteiger charge is 2.21. The molecule has 0 bridgehead atoms. The van der Waals surface area contributed by atoms with Gasteiger partial charge in [0.15, 0.2) is 0 Å². The van der Waals surface area contributed by atoms with Crippen molar-refractivity contribution in [2.45, 2.75) is 155 Å². The monoisotopic (exact) mass is 830 g/mol. The number of carbonyl (C=O) groups excluding carboxylic acids is 5. The Morgan fingerprint density at radius 1 is 0.500 bits per heavy atom. The largest absolute Gasteiger partial charge is 0.481 e. The molecule has 0 heterocycles. The van der Waals surface area contributed by atoms with Crippen LogP contribution < -0.4 is 16.0 Å². The summed E-state index contributed by atoms with van der Waals surface area (Å²) in [6.45, 7) is 5.89. The van der Waals surface area contributed by atoms with Crippen molar-refractivity contribution in [3.8, 4) is 0 Å². The van der Waals surface area contributed by atoms with Gasteiger partial charge in [-0.15, -0.1) is 0 Å². The zero-order valence-electron chi connectivity index (χ0n) is 35.5. The van der Waals surface area contributed by atoms with Crippen molar-refractivity contribution in [2.24, 2.45) is 5.92 Å². The number of nitrogens with one attached hydrogen (secondary N) is 3. The summed E-state index contributed by atoms with van der Waals surface area (Å²) in [5.74, 6) is -2.50. The number of carbonyl (C=O) groups is 7. The maximum Gasteiger partial charge on any atom is 0.326 e. The Labute approximate surface area is 346 Å². The van der Waals surface area contributed by atoms with Gasteiger partial charge in [0, 0.05) is 51.3 Å². The van der Waals surface area contributed by atoms with Crippen molar-refractivity contribution in [1.82, 2.24) is 16.0 Å². The molecule has 336 valence electrons. The molecule has 0 fully saturated rings. The Balaban J connectivity index is 3.68. The Morgan fingerprint density at radius 3 is 1.59 bits per heavy atom. The molecule has 0 aliphatic heterocycles. The average Bonchev–Trinajstić information content (AvgIpc) is 3.17. The fourth-order valence-electron chi connectivity index (χ4n) is 6.08. The normalized spacial score (nSPS) is 12.1. The van der Waals surface area contributed by atoms with Crippen molar-refractivity contribution in [3.05, 3.63) is 0 Å². The molecular formula is C42H75N3O13. The number of carboxylic acid groups (broad SMARTS) is 2. The van der Waals surface area contributed by atoms with Crippen LogP contribution in [0.25, 0.3) is 0 Å². The van der Waals surface area contributed by atoms with Gasteiger partial charge in [-0.2, -0.15) is 0 Å². The molecule has 5 N–H and O–H groups in total. The molecule has 0 aromatic carbocycles. The topological polar surface area (TPSA) is 233 Å². The molecule has 0 unspecified atom stereocenters. The zero-order chi connectivity index (χ0) is 43.1. The van der Waals surface area contributed by atoms with Crippen LogP contribution in [0, 0.1) is 5.92 Å². The van der Waals surface area contributed by atoms with E-state index in [1.165, 1.54) is 0 Å². The third-order valence-electron chi connectivity index (χ3n) is 9.43. The number of aliphatic carboxylic acids is 2. The van der Waals surface area contributed by atoms with Crippen LogP contribution in [-0.2, 0) is 52.5 Å². The number of Topliss-reactive ketones (excluding diaryl/α,β-unsaturated/α-hetero) is 2. The molecule has 0 saturated heterocycles. The van der Waals surface area contributed by atoms with E-state index in [4.69, 9.17) is 24.1 Å². The van der Waals surface area contributed by atoms with Gasteiger partial charge >= 0.3 is 11.9 Å². The van der Waals surface area contributed by atoms with Gasteiger partial charge in [-0.05, 0) is 51.9 Å². The van der Waals surface area contributed by atoms with Crippen LogP contribution in [0.4, 0.5) is 0 Å². The van der Waals surface area contributed by atoms with E-state index in [-0.39, 0.29) is 114 Å². The molecule has 2 atom stereocenters. The van der Waals surface area contributed by atoms with E-state index in [0.29, 0.717) is 32.5 Å². The fraction of sp³-hybridized carbons (Fsp3) is 0.833. The predicted molar refractivity (Wildman–Crippen MR) is 218 cm³/mol. The third-order valence-corrected chi connectivity index (χ3v) is 9.43.